The quantitative estimate of drug-likeness (QED) is 0.872. The first-order valence-corrected chi connectivity index (χ1v) is 6.59. The first-order chi connectivity index (χ1) is 9.08. The largest absolute Gasteiger partial charge is 0.476 e. The van der Waals surface area contributed by atoms with Gasteiger partial charge >= 0.3 is 5.97 Å². The minimum absolute atomic E-state index is 0.0865. The molecule has 1 saturated heterocycles. The Kier molecular flexibility index (Phi) is 4.31. The first-order valence-electron chi connectivity index (χ1n) is 6.59. The number of carbonyl (C=O) groups is 1. The van der Waals surface area contributed by atoms with Crippen molar-refractivity contribution >= 4 is 5.97 Å². The molecular formula is C13H19N3O3. The summed E-state index contributed by atoms with van der Waals surface area (Å²) < 4.78 is 1.26. The Bertz CT molecular complexity index is 512. The fraction of sp³-hybridized carbons (Fsp3) is 0.615. The molecule has 1 aliphatic rings. The topological polar surface area (TPSA) is 75.4 Å². The SMILES string of the molecule is CN1CCCCC1CCn1nc(C(=O)O)ccc1=O. The molecule has 0 spiro atoms. The molecule has 0 bridgehead atoms. The third-order valence-corrected chi connectivity index (χ3v) is 3.68. The van der Waals surface area contributed by atoms with Gasteiger partial charge < -0.3 is 10.0 Å². The highest BCUT2D eigenvalue weighted by atomic mass is 16.4. The number of carboxylic acids is 1. The Labute approximate surface area is 111 Å². The molecule has 0 aromatic carbocycles. The average Bonchev–Trinajstić information content (AvgIpc) is 2.39. The standard InChI is InChI=1S/C13H19N3O3/c1-15-8-3-2-4-10(15)7-9-16-12(17)6-5-11(14-16)13(18)19/h5-6,10H,2-4,7-9H2,1H3,(H,18,19). The fourth-order valence-electron chi connectivity index (χ4n) is 2.50. The van der Waals surface area contributed by atoms with Crippen molar-refractivity contribution < 1.29 is 9.90 Å². The van der Waals surface area contributed by atoms with Crippen LogP contribution in [0.1, 0.15) is 36.2 Å². The minimum Gasteiger partial charge on any atom is -0.476 e. The zero-order chi connectivity index (χ0) is 13.8. The lowest BCUT2D eigenvalue weighted by molar-refractivity contribution is 0.0687. The van der Waals surface area contributed by atoms with Crippen LogP contribution in [0.3, 0.4) is 0 Å². The van der Waals surface area contributed by atoms with Crippen LogP contribution in [0.5, 0.6) is 0 Å². The summed E-state index contributed by atoms with van der Waals surface area (Å²) in [5.41, 5.74) is -0.333. The van der Waals surface area contributed by atoms with Crippen LogP contribution in [-0.4, -0.2) is 45.4 Å². The zero-order valence-electron chi connectivity index (χ0n) is 11.1. The Balaban J connectivity index is 2.04. The monoisotopic (exact) mass is 265 g/mol. The van der Waals surface area contributed by atoms with Gasteiger partial charge in [-0.2, -0.15) is 5.10 Å². The Morgan fingerprint density at radius 2 is 2.26 bits per heavy atom. The van der Waals surface area contributed by atoms with Gasteiger partial charge in [-0.25, -0.2) is 9.48 Å². The van der Waals surface area contributed by atoms with Gasteiger partial charge in [-0.3, -0.25) is 4.79 Å². The van der Waals surface area contributed by atoms with E-state index in [0.717, 1.165) is 19.4 Å². The molecule has 1 aliphatic heterocycles. The molecule has 2 heterocycles. The maximum atomic E-state index is 11.6. The van der Waals surface area contributed by atoms with Gasteiger partial charge in [0, 0.05) is 18.7 Å². The average molecular weight is 265 g/mol. The molecule has 0 saturated carbocycles. The van der Waals surface area contributed by atoms with Crippen molar-refractivity contribution in [3.63, 3.8) is 0 Å². The molecule has 6 heteroatoms. The van der Waals surface area contributed by atoms with Crippen molar-refractivity contribution in [2.45, 2.75) is 38.3 Å². The van der Waals surface area contributed by atoms with E-state index in [4.69, 9.17) is 5.11 Å². The lowest BCUT2D eigenvalue weighted by Crippen LogP contribution is -2.38. The molecule has 19 heavy (non-hydrogen) atoms. The number of aromatic nitrogens is 2. The van der Waals surface area contributed by atoms with Gasteiger partial charge in [0.25, 0.3) is 5.56 Å². The number of hydrogen-bond acceptors (Lipinski definition) is 4. The summed E-state index contributed by atoms with van der Waals surface area (Å²) in [7, 11) is 2.09. The fourth-order valence-corrected chi connectivity index (χ4v) is 2.50. The third-order valence-electron chi connectivity index (χ3n) is 3.68. The van der Waals surface area contributed by atoms with E-state index in [1.165, 1.54) is 29.7 Å². The number of aryl methyl sites for hydroxylation is 1. The second-order valence-electron chi connectivity index (χ2n) is 5.00. The smallest absolute Gasteiger partial charge is 0.356 e. The molecule has 104 valence electrons. The summed E-state index contributed by atoms with van der Waals surface area (Å²) in [6.45, 7) is 1.55. The molecule has 0 radical (unpaired) electrons. The molecular weight excluding hydrogens is 246 g/mol. The predicted octanol–water partition coefficient (Wildman–Crippen LogP) is 0.816. The van der Waals surface area contributed by atoms with Gasteiger partial charge in [0.05, 0.1) is 0 Å². The lowest BCUT2D eigenvalue weighted by Gasteiger charge is -2.32. The van der Waals surface area contributed by atoms with Crippen LogP contribution in [-0.2, 0) is 6.54 Å². The van der Waals surface area contributed by atoms with Crippen molar-refractivity contribution in [2.24, 2.45) is 0 Å². The Hall–Kier alpha value is -1.69. The highest BCUT2D eigenvalue weighted by Crippen LogP contribution is 2.17. The maximum absolute atomic E-state index is 11.6. The summed E-state index contributed by atoms with van der Waals surface area (Å²) in [6.07, 6.45) is 4.39. The molecule has 1 fully saturated rings. The van der Waals surface area contributed by atoms with Crippen LogP contribution in [0.25, 0.3) is 0 Å². The third kappa shape index (κ3) is 3.41. The number of likely N-dealkylation sites (tertiary alicyclic amines) is 1. The highest BCUT2D eigenvalue weighted by molar-refractivity contribution is 5.84. The van der Waals surface area contributed by atoms with E-state index in [1.54, 1.807) is 0 Å². The van der Waals surface area contributed by atoms with Gasteiger partial charge in [-0.1, -0.05) is 6.42 Å². The van der Waals surface area contributed by atoms with Gasteiger partial charge in [0.15, 0.2) is 5.69 Å². The van der Waals surface area contributed by atoms with Crippen LogP contribution >= 0.6 is 0 Å². The van der Waals surface area contributed by atoms with E-state index in [1.807, 2.05) is 0 Å². The van der Waals surface area contributed by atoms with Crippen LogP contribution in [0.2, 0.25) is 0 Å². The van der Waals surface area contributed by atoms with Gasteiger partial charge in [-0.15, -0.1) is 0 Å². The second kappa shape index (κ2) is 5.97. The van der Waals surface area contributed by atoms with E-state index in [-0.39, 0.29) is 11.3 Å². The summed E-state index contributed by atoms with van der Waals surface area (Å²) in [5.74, 6) is -1.11. The van der Waals surface area contributed by atoms with Crippen molar-refractivity contribution in [1.29, 1.82) is 0 Å². The van der Waals surface area contributed by atoms with Crippen LogP contribution in [0.4, 0.5) is 0 Å². The molecule has 0 aliphatic carbocycles. The number of nitrogens with zero attached hydrogens (tertiary/aromatic N) is 3. The number of rotatable bonds is 4. The number of aromatic carboxylic acids is 1. The van der Waals surface area contributed by atoms with Crippen molar-refractivity contribution in [1.82, 2.24) is 14.7 Å². The maximum Gasteiger partial charge on any atom is 0.356 e. The lowest BCUT2D eigenvalue weighted by atomic mass is 10.0. The Morgan fingerprint density at radius 3 is 2.95 bits per heavy atom. The van der Waals surface area contributed by atoms with Crippen LogP contribution in [0.15, 0.2) is 16.9 Å². The summed E-state index contributed by atoms with van der Waals surface area (Å²) in [4.78, 5) is 24.8. The minimum atomic E-state index is -1.11. The molecule has 1 aromatic rings. The second-order valence-corrected chi connectivity index (χ2v) is 5.00. The first kappa shape index (κ1) is 13.7. The Morgan fingerprint density at radius 1 is 1.47 bits per heavy atom. The van der Waals surface area contributed by atoms with E-state index in [0.29, 0.717) is 12.6 Å². The van der Waals surface area contributed by atoms with E-state index in [2.05, 4.69) is 17.0 Å². The predicted molar refractivity (Wildman–Crippen MR) is 70.3 cm³/mol. The molecule has 1 atom stereocenters. The van der Waals surface area contributed by atoms with E-state index in [9.17, 15) is 9.59 Å². The van der Waals surface area contributed by atoms with Gasteiger partial charge in [0.2, 0.25) is 0 Å². The normalized spacial score (nSPS) is 20.4. The summed E-state index contributed by atoms with van der Waals surface area (Å²) in [5, 5.41) is 12.7. The number of carboxylic acid groups (broad SMARTS) is 1. The molecule has 1 unspecified atom stereocenters. The van der Waals surface area contributed by atoms with E-state index < -0.39 is 5.97 Å². The van der Waals surface area contributed by atoms with Gasteiger partial charge in [-0.05, 0) is 38.9 Å². The van der Waals surface area contributed by atoms with Crippen molar-refractivity contribution in [3.8, 4) is 0 Å². The zero-order valence-corrected chi connectivity index (χ0v) is 11.1. The van der Waals surface area contributed by atoms with Crippen molar-refractivity contribution in [3.05, 3.63) is 28.2 Å². The number of piperidine rings is 1. The number of hydrogen-bond donors (Lipinski definition) is 1. The van der Waals surface area contributed by atoms with Gasteiger partial charge in [0.1, 0.15) is 0 Å². The molecule has 6 nitrogen and oxygen atoms in total. The molecule has 0 amide bonds. The highest BCUT2D eigenvalue weighted by Gasteiger charge is 2.19. The summed E-state index contributed by atoms with van der Waals surface area (Å²) in [6, 6.07) is 2.96. The van der Waals surface area contributed by atoms with Crippen LogP contribution in [0, 0.1) is 0 Å². The molecule has 1 N–H and O–H groups in total. The molecule has 1 aromatic heterocycles. The van der Waals surface area contributed by atoms with E-state index >= 15 is 0 Å². The van der Waals surface area contributed by atoms with Crippen molar-refractivity contribution in [2.75, 3.05) is 13.6 Å². The summed E-state index contributed by atoms with van der Waals surface area (Å²) >= 11 is 0. The molecule has 2 rings (SSSR count). The van der Waals surface area contributed by atoms with Crippen LogP contribution < -0.4 is 5.56 Å².